The summed E-state index contributed by atoms with van der Waals surface area (Å²) < 4.78 is 5.79. The van der Waals surface area contributed by atoms with E-state index in [4.69, 9.17) is 21.9 Å². The van der Waals surface area contributed by atoms with Crippen molar-refractivity contribution in [3.63, 3.8) is 0 Å². The number of carboxylic acids is 2. The zero-order chi connectivity index (χ0) is 84.5. The van der Waals surface area contributed by atoms with E-state index in [1.165, 1.54) is 52.0 Å². The number of anilines is 1. The van der Waals surface area contributed by atoms with Crippen molar-refractivity contribution in [1.82, 2.24) is 58.2 Å². The van der Waals surface area contributed by atoms with Crippen LogP contribution in [0.2, 0.25) is 0 Å². The molecular weight excluding hydrogens is 1480 g/mol. The van der Waals surface area contributed by atoms with Crippen molar-refractivity contribution in [1.29, 1.82) is 0 Å². The molecule has 1 aliphatic heterocycles. The fourth-order valence-electron chi connectivity index (χ4n) is 12.6. The number of primary amides is 1. The maximum absolute atomic E-state index is 14.8. The average Bonchev–Trinajstić information content (AvgIpc) is 1.70. The molecule has 20 N–H and O–H groups in total. The Kier molecular flexibility index (Phi) is 37.6. The second-order valence-corrected chi connectivity index (χ2v) is 28.6. The summed E-state index contributed by atoms with van der Waals surface area (Å²) in [6.07, 6.45) is 0.258. The molecule has 36 nitrogen and oxygen atoms in total. The van der Waals surface area contributed by atoms with E-state index in [2.05, 4.69) is 65.1 Å². The fraction of sp³-hybridized carbons (Fsp3) is 0.513. The molecular formula is C78H106N14O22. The number of para-hydroxylation sites is 2. The van der Waals surface area contributed by atoms with Gasteiger partial charge < -0.3 is 95.4 Å². The van der Waals surface area contributed by atoms with Gasteiger partial charge in [0.2, 0.25) is 59.1 Å². The molecule has 11 amide bonds. The van der Waals surface area contributed by atoms with Crippen LogP contribution < -0.4 is 70.4 Å². The Bertz CT molecular complexity index is 4130. The van der Waals surface area contributed by atoms with E-state index in [-0.39, 0.29) is 42.6 Å². The first-order valence-electron chi connectivity index (χ1n) is 37.8. The first kappa shape index (κ1) is 92.8. The molecule has 1 aliphatic rings. The van der Waals surface area contributed by atoms with Crippen molar-refractivity contribution >= 4 is 123 Å². The summed E-state index contributed by atoms with van der Waals surface area (Å²) in [7, 11) is 0. The molecule has 0 spiro atoms. The molecule has 2 heterocycles. The second kappa shape index (κ2) is 46.2. The number of aromatic nitrogens is 1. The lowest BCUT2D eigenvalue weighted by Gasteiger charge is -2.29. The maximum atomic E-state index is 14.8. The van der Waals surface area contributed by atoms with Crippen LogP contribution in [0, 0.1) is 23.7 Å². The largest absolute Gasteiger partial charge is 0.481 e. The van der Waals surface area contributed by atoms with Crippen LogP contribution >= 0.6 is 0 Å². The zero-order valence-electron chi connectivity index (χ0n) is 64.7. The number of carbonyl (C=O) groups is 18. The number of nitrogens with two attached hydrogens (primary N) is 3. The number of ketones is 4. The highest BCUT2D eigenvalue weighted by Gasteiger charge is 2.40. The first-order chi connectivity index (χ1) is 54.0. The van der Waals surface area contributed by atoms with Gasteiger partial charge in [-0.3, -0.25) is 81.5 Å². The summed E-state index contributed by atoms with van der Waals surface area (Å²) in [6.45, 7) is 4.79. The molecule has 0 radical (unpaired) electrons. The topological polar surface area (TPSA) is 591 Å². The summed E-state index contributed by atoms with van der Waals surface area (Å²) in [5.74, 6) is -26.5. The van der Waals surface area contributed by atoms with Crippen molar-refractivity contribution in [2.45, 2.75) is 205 Å². The molecule has 1 aromatic heterocycles. The Hall–Kier alpha value is -11.8. The van der Waals surface area contributed by atoms with Gasteiger partial charge in [-0.05, 0) is 93.5 Å². The van der Waals surface area contributed by atoms with Crippen molar-refractivity contribution in [3.8, 4) is 0 Å². The van der Waals surface area contributed by atoms with Crippen LogP contribution in [0.1, 0.15) is 170 Å². The van der Waals surface area contributed by atoms with Gasteiger partial charge >= 0.3 is 17.9 Å². The third-order valence-electron chi connectivity index (χ3n) is 19.3. The first-order valence-corrected chi connectivity index (χ1v) is 37.8. The number of hydrogen-bond donors (Lipinski definition) is 17. The van der Waals surface area contributed by atoms with Gasteiger partial charge in [-0.15, -0.1) is 0 Å². The molecule has 1 saturated heterocycles. The Labute approximate surface area is 658 Å². The summed E-state index contributed by atoms with van der Waals surface area (Å²) in [5, 5.41) is 54.4. The van der Waals surface area contributed by atoms with Gasteiger partial charge in [0.25, 0.3) is 5.91 Å². The summed E-state index contributed by atoms with van der Waals surface area (Å²) in [5.41, 5.74) is 19.7. The smallest absolute Gasteiger partial charge is 0.329 e. The number of Topliss-reactive ketones (excluding diaryl/α,β-unsaturated/α-hetero) is 4. The highest BCUT2D eigenvalue weighted by Crippen LogP contribution is 2.25. The van der Waals surface area contributed by atoms with Crippen LogP contribution in [-0.2, 0) is 94.3 Å². The molecule has 4 aromatic rings. The number of nitrogen functional groups attached to an aromatic ring is 1. The number of rotatable bonds is 32. The number of esters is 1. The number of benzene rings is 3. The Balaban J connectivity index is 1.54. The van der Waals surface area contributed by atoms with E-state index in [1.54, 1.807) is 42.6 Å². The molecule has 5 rings (SSSR count). The Morgan fingerprint density at radius 2 is 1.24 bits per heavy atom. The molecule has 3 aromatic carbocycles. The van der Waals surface area contributed by atoms with E-state index in [0.29, 0.717) is 16.5 Å². The van der Waals surface area contributed by atoms with Crippen LogP contribution in [0.25, 0.3) is 10.9 Å². The van der Waals surface area contributed by atoms with Crippen molar-refractivity contribution in [2.24, 2.45) is 35.1 Å². The molecule has 1 fully saturated rings. The number of aryl methyl sites for hydroxylation is 1. The number of cyclic esters (lactones) is 1. The molecule has 13 atom stereocenters. The summed E-state index contributed by atoms with van der Waals surface area (Å²) >= 11 is 0. The lowest BCUT2D eigenvalue weighted by Crippen LogP contribution is -2.58. The van der Waals surface area contributed by atoms with E-state index in [0.717, 1.165) is 57.4 Å². The van der Waals surface area contributed by atoms with Gasteiger partial charge in [-0.1, -0.05) is 102 Å². The number of fused-ring (bicyclic) bond motifs is 1. The number of unbranched alkanes of at least 4 members (excludes halogenated alkanes) is 5. The van der Waals surface area contributed by atoms with Crippen LogP contribution in [0.15, 0.2) is 79.0 Å². The van der Waals surface area contributed by atoms with Gasteiger partial charge in [-0.25, -0.2) is 4.79 Å². The average molecular weight is 1590 g/mol. The predicted octanol–water partition coefficient (Wildman–Crippen LogP) is -0.184. The maximum Gasteiger partial charge on any atom is 0.329 e. The highest BCUT2D eigenvalue weighted by molar-refractivity contribution is 6.05. The number of aliphatic carboxylic acids is 2. The van der Waals surface area contributed by atoms with Gasteiger partial charge in [0, 0.05) is 90.2 Å². The van der Waals surface area contributed by atoms with Crippen molar-refractivity contribution in [2.75, 3.05) is 32.0 Å². The van der Waals surface area contributed by atoms with Crippen molar-refractivity contribution < 1.29 is 106 Å². The number of H-pyrrole nitrogens is 1. The fourth-order valence-corrected chi connectivity index (χ4v) is 12.6. The number of aliphatic hydroxyl groups is 1. The predicted molar refractivity (Wildman–Crippen MR) is 411 cm³/mol. The molecule has 36 heteroatoms. The number of carbonyl (C=O) groups excluding carboxylic acids is 16. The number of ether oxygens (including phenoxy) is 1. The Morgan fingerprint density at radius 1 is 0.614 bits per heavy atom. The lowest BCUT2D eigenvalue weighted by molar-refractivity contribution is -0.156. The number of carboxylic acid groups (broad SMARTS) is 2. The number of hydrogen-bond acceptors (Lipinski definition) is 22. The standard InChI is InChI=1S/C78H106N14O22/c1-7-8-9-10-11-12-18-46-24-26-47(27-25-46)73(108)90-57(32-48-37-82-53-22-16-14-19-49(48)53)76(111)88-55(35-64(81)98)61(95)30-43(4)71(106)92-69-45(6)114-78(113)58(34-60(94)50-20-13-15-21-52(50)80)91-74(109)51(41(2)31-67(101)102)33-63(97)59(40-93)87-66(100)38-83-72(107)44(5)85-70(105)42(3)29-62(96)56(36-68(103)104)89-75(110)54(23-17-28-79)86-65(99)39-84-77(69)112/h13-16,19-22,24-27,37,41-45,51,54-59,69,82,93H,7-12,17-18,23,28-36,38-40,79-80H2,1-6H3,(H2,81,98)(H,83,107)(H,84,112)(H,85,105)(H,86,99)(H,87,100)(H,88,111)(H,89,110)(H,90,108)(H,91,109)(H,92,106)(H,101,102)(H,103,104)/t41-,42+,43-,44+,45-,51+,54+,55-,56+,57+,58+,59-,69+/m1/s1. The minimum atomic E-state index is -2.17. The van der Waals surface area contributed by atoms with Gasteiger partial charge in [0.1, 0.15) is 42.4 Å². The zero-order valence-corrected chi connectivity index (χ0v) is 64.7. The van der Waals surface area contributed by atoms with Crippen molar-refractivity contribution in [3.05, 3.63) is 101 Å². The Morgan fingerprint density at radius 3 is 1.88 bits per heavy atom. The van der Waals surface area contributed by atoms with Gasteiger partial charge in [0.05, 0.1) is 44.6 Å². The quantitative estimate of drug-likeness (QED) is 0.0130. The molecule has 0 saturated carbocycles. The minimum Gasteiger partial charge on any atom is -0.481 e. The summed E-state index contributed by atoms with van der Waals surface area (Å²) in [6, 6.07) is 5.18. The monoisotopic (exact) mass is 1590 g/mol. The SMILES string of the molecule is CCCCCCCCc1ccc(C(=O)N[C@@H](Cc2c[nH]c3ccccc23)C(=O)N[C@H](CC(N)=O)C(=O)C[C@@H](C)C(=O)N[C@@H]2C(=O)NCC(=O)N[C@@H](CCCN)C(=O)N[C@@H](CC(=O)O)C(=O)C[C@H](C)C(=O)N[C@@H](C)C(=O)NCC(=O)N[C@H](CO)C(=O)C[C@@H]([C@H](C)CC(=O)O)C(=O)N[C@@H](CC(=O)c3ccccc3N)C(=O)O[C@@H]2C)cc1. The van der Waals surface area contributed by atoms with E-state index in [1.807, 2.05) is 12.1 Å². The number of aromatic amines is 1. The number of aliphatic hydroxyl groups excluding tert-OH is 1. The molecule has 0 aliphatic carbocycles. The van der Waals surface area contributed by atoms with Gasteiger partial charge in [-0.2, -0.15) is 0 Å². The van der Waals surface area contributed by atoms with E-state index < -0.39 is 249 Å². The third kappa shape index (κ3) is 30.0. The summed E-state index contributed by atoms with van der Waals surface area (Å²) in [4.78, 5) is 252. The normalized spacial score (nSPS) is 21.5. The van der Waals surface area contributed by atoms with Crippen LogP contribution in [-0.4, -0.2) is 207 Å². The minimum absolute atomic E-state index is 0.0116. The molecule has 0 bridgehead atoms. The van der Waals surface area contributed by atoms with Crippen LogP contribution in [0.5, 0.6) is 0 Å². The van der Waals surface area contributed by atoms with E-state index >= 15 is 0 Å². The van der Waals surface area contributed by atoms with Gasteiger partial charge in [0.15, 0.2) is 23.1 Å². The molecule has 620 valence electrons. The number of amides is 11. The van der Waals surface area contributed by atoms with Crippen LogP contribution in [0.4, 0.5) is 5.69 Å². The van der Waals surface area contributed by atoms with Crippen LogP contribution in [0.3, 0.4) is 0 Å². The number of nitrogens with one attached hydrogen (secondary N) is 11. The highest BCUT2D eigenvalue weighted by atomic mass is 16.5. The van der Waals surface area contributed by atoms with E-state index in [9.17, 15) is 102 Å². The molecule has 0 unspecified atom stereocenters. The lowest BCUT2D eigenvalue weighted by atomic mass is 9.84. The second-order valence-electron chi connectivity index (χ2n) is 28.6. The third-order valence-corrected chi connectivity index (χ3v) is 19.3. The molecule has 114 heavy (non-hydrogen) atoms.